The average Bonchev–Trinajstić information content (AvgIpc) is 2.91. The van der Waals surface area contributed by atoms with Crippen LogP contribution in [-0.2, 0) is 14.8 Å². The zero-order valence-corrected chi connectivity index (χ0v) is 15.4. The highest BCUT2D eigenvalue weighted by Gasteiger charge is 2.42. The monoisotopic (exact) mass is 366 g/mol. The van der Waals surface area contributed by atoms with Gasteiger partial charge in [-0.1, -0.05) is 56.1 Å². The van der Waals surface area contributed by atoms with Crippen LogP contribution < -0.4 is 0 Å². The first-order valence-corrected chi connectivity index (χ1v) is 10.7. The number of nitrogens with zero attached hydrogens (tertiary/aromatic N) is 2. The smallest absolute Gasteiger partial charge is 0.284 e. The largest absolute Gasteiger partial charge is 0.287 e. The number of amides is 1. The molecule has 1 saturated heterocycles. The highest BCUT2D eigenvalue weighted by Crippen LogP contribution is 2.36. The molecule has 1 amide bonds. The van der Waals surface area contributed by atoms with Crippen LogP contribution >= 0.6 is 11.8 Å². The number of sulfonamides is 1. The van der Waals surface area contributed by atoms with Gasteiger partial charge in [-0.15, -0.1) is 4.40 Å². The zero-order valence-electron chi connectivity index (χ0n) is 13.7. The summed E-state index contributed by atoms with van der Waals surface area (Å²) in [5.74, 6) is 0.0106. The maximum atomic E-state index is 12.7. The Morgan fingerprint density at radius 1 is 1.17 bits per heavy atom. The molecule has 1 saturated carbocycles. The van der Waals surface area contributed by atoms with E-state index in [4.69, 9.17) is 0 Å². The highest BCUT2D eigenvalue weighted by atomic mass is 32.2. The summed E-state index contributed by atoms with van der Waals surface area (Å²) in [7, 11) is -3.80. The minimum Gasteiger partial charge on any atom is -0.287 e. The Morgan fingerprint density at radius 3 is 2.46 bits per heavy atom. The van der Waals surface area contributed by atoms with E-state index < -0.39 is 10.0 Å². The van der Waals surface area contributed by atoms with Crippen molar-refractivity contribution in [2.45, 2.75) is 61.6 Å². The summed E-state index contributed by atoms with van der Waals surface area (Å²) in [6.45, 7) is 1.95. The minimum atomic E-state index is -3.80. The van der Waals surface area contributed by atoms with Gasteiger partial charge in [-0.05, 0) is 31.4 Å². The number of amidine groups is 1. The van der Waals surface area contributed by atoms with Gasteiger partial charge in [0.25, 0.3) is 10.0 Å². The molecule has 2 fully saturated rings. The van der Waals surface area contributed by atoms with Crippen LogP contribution in [0.15, 0.2) is 39.6 Å². The fourth-order valence-corrected chi connectivity index (χ4v) is 5.59. The second-order valence-corrected chi connectivity index (χ2v) is 8.95. The van der Waals surface area contributed by atoms with E-state index in [1.807, 2.05) is 6.92 Å². The molecule has 7 heteroatoms. The predicted octanol–water partition coefficient (Wildman–Crippen LogP) is 3.42. The number of benzene rings is 1. The van der Waals surface area contributed by atoms with Gasteiger partial charge in [0.15, 0.2) is 5.17 Å². The molecule has 0 aromatic heterocycles. The molecule has 2 aliphatic rings. The summed E-state index contributed by atoms with van der Waals surface area (Å²) in [5, 5.41) is 0.124. The van der Waals surface area contributed by atoms with E-state index in [2.05, 4.69) is 4.40 Å². The summed E-state index contributed by atoms with van der Waals surface area (Å²) in [6, 6.07) is 8.26. The first-order valence-electron chi connectivity index (χ1n) is 8.42. The van der Waals surface area contributed by atoms with Crippen LogP contribution in [0.5, 0.6) is 0 Å². The molecule has 0 bridgehead atoms. The molecule has 1 heterocycles. The van der Waals surface area contributed by atoms with E-state index in [1.54, 1.807) is 23.1 Å². The second-order valence-electron chi connectivity index (χ2n) is 6.18. The third-order valence-electron chi connectivity index (χ3n) is 4.52. The number of rotatable bonds is 4. The SMILES string of the molecule is CCC1S/C(=N\S(=O)(=O)c2ccccc2)N(C2CCCCC2)C1=O. The highest BCUT2D eigenvalue weighted by molar-refractivity contribution is 8.16. The summed E-state index contributed by atoms with van der Waals surface area (Å²) >= 11 is 1.29. The van der Waals surface area contributed by atoms with Crippen LogP contribution in [0.1, 0.15) is 45.4 Å². The Kier molecular flexibility index (Phi) is 5.30. The minimum absolute atomic E-state index is 0.0106. The van der Waals surface area contributed by atoms with E-state index in [0.717, 1.165) is 25.7 Å². The van der Waals surface area contributed by atoms with E-state index in [9.17, 15) is 13.2 Å². The van der Waals surface area contributed by atoms with E-state index >= 15 is 0 Å². The predicted molar refractivity (Wildman–Crippen MR) is 96.5 cm³/mol. The lowest BCUT2D eigenvalue weighted by atomic mass is 9.94. The fraction of sp³-hybridized carbons (Fsp3) is 0.529. The number of hydrogen-bond acceptors (Lipinski definition) is 4. The van der Waals surface area contributed by atoms with Crippen molar-refractivity contribution in [2.24, 2.45) is 4.40 Å². The van der Waals surface area contributed by atoms with Crippen molar-refractivity contribution in [3.8, 4) is 0 Å². The van der Waals surface area contributed by atoms with Gasteiger partial charge in [0.1, 0.15) is 0 Å². The number of carbonyl (C=O) groups excluding carboxylic acids is 1. The third kappa shape index (κ3) is 3.52. The Labute approximate surface area is 147 Å². The fourth-order valence-electron chi connectivity index (χ4n) is 3.23. The molecule has 0 radical (unpaired) electrons. The molecule has 0 spiro atoms. The molecule has 3 rings (SSSR count). The van der Waals surface area contributed by atoms with Gasteiger partial charge < -0.3 is 0 Å². The van der Waals surface area contributed by atoms with Crippen molar-refractivity contribution < 1.29 is 13.2 Å². The third-order valence-corrected chi connectivity index (χ3v) is 7.23. The van der Waals surface area contributed by atoms with E-state index in [1.165, 1.54) is 30.3 Å². The Morgan fingerprint density at radius 2 is 1.83 bits per heavy atom. The Hall–Kier alpha value is -1.34. The summed E-state index contributed by atoms with van der Waals surface area (Å²) in [5.41, 5.74) is 0. The van der Waals surface area contributed by atoms with Crippen molar-refractivity contribution in [3.05, 3.63) is 30.3 Å². The molecular weight excluding hydrogens is 344 g/mol. The summed E-state index contributed by atoms with van der Waals surface area (Å²) in [4.78, 5) is 14.5. The average molecular weight is 367 g/mol. The molecule has 130 valence electrons. The maximum Gasteiger partial charge on any atom is 0.284 e. The molecular formula is C17H22N2O3S2. The van der Waals surface area contributed by atoms with Crippen LogP contribution in [0.4, 0.5) is 0 Å². The van der Waals surface area contributed by atoms with Gasteiger partial charge >= 0.3 is 0 Å². The number of carbonyl (C=O) groups is 1. The van der Waals surface area contributed by atoms with E-state index in [0.29, 0.717) is 11.6 Å². The molecule has 1 unspecified atom stereocenters. The van der Waals surface area contributed by atoms with Crippen LogP contribution in [-0.4, -0.2) is 35.7 Å². The van der Waals surface area contributed by atoms with Gasteiger partial charge in [-0.25, -0.2) is 0 Å². The van der Waals surface area contributed by atoms with Crippen molar-refractivity contribution in [2.75, 3.05) is 0 Å². The summed E-state index contributed by atoms with van der Waals surface area (Å²) in [6.07, 6.45) is 5.86. The van der Waals surface area contributed by atoms with Crippen molar-refractivity contribution in [3.63, 3.8) is 0 Å². The lowest BCUT2D eigenvalue weighted by Crippen LogP contribution is -2.42. The Balaban J connectivity index is 1.95. The molecule has 0 N–H and O–H groups in total. The van der Waals surface area contributed by atoms with Crippen molar-refractivity contribution in [1.82, 2.24) is 4.90 Å². The van der Waals surface area contributed by atoms with E-state index in [-0.39, 0.29) is 22.1 Å². The zero-order chi connectivity index (χ0) is 17.2. The van der Waals surface area contributed by atoms with Gasteiger partial charge in [0.2, 0.25) is 5.91 Å². The normalized spacial score (nSPS) is 24.7. The lowest BCUT2D eigenvalue weighted by Gasteiger charge is -2.30. The molecule has 24 heavy (non-hydrogen) atoms. The standard InChI is InChI=1S/C17H22N2O3S2/c1-2-15-16(20)19(13-9-5-3-6-10-13)17(23-15)18-24(21,22)14-11-7-4-8-12-14/h4,7-8,11-13,15H,2-3,5-6,9-10H2,1H3/b18-17-. The lowest BCUT2D eigenvalue weighted by molar-refractivity contribution is -0.128. The first-order chi connectivity index (χ1) is 11.5. The van der Waals surface area contributed by atoms with Gasteiger partial charge in [-0.2, -0.15) is 8.42 Å². The van der Waals surface area contributed by atoms with Crippen LogP contribution in [0.25, 0.3) is 0 Å². The maximum absolute atomic E-state index is 12.7. The van der Waals surface area contributed by atoms with Crippen LogP contribution in [0, 0.1) is 0 Å². The second kappa shape index (κ2) is 7.27. The van der Waals surface area contributed by atoms with Gasteiger partial charge in [0, 0.05) is 6.04 Å². The first kappa shape index (κ1) is 17.5. The quantitative estimate of drug-likeness (QED) is 0.819. The molecule has 5 nitrogen and oxygen atoms in total. The molecule has 1 aromatic rings. The van der Waals surface area contributed by atoms with Crippen molar-refractivity contribution >= 4 is 32.9 Å². The molecule has 1 atom stereocenters. The summed E-state index contributed by atoms with van der Waals surface area (Å²) < 4.78 is 29.2. The molecule has 1 aromatic carbocycles. The molecule has 1 aliphatic heterocycles. The van der Waals surface area contributed by atoms with Crippen LogP contribution in [0.3, 0.4) is 0 Å². The Bertz CT molecular complexity index is 725. The number of thioether (sulfide) groups is 1. The van der Waals surface area contributed by atoms with Crippen LogP contribution in [0.2, 0.25) is 0 Å². The molecule has 1 aliphatic carbocycles. The van der Waals surface area contributed by atoms with Gasteiger partial charge in [0.05, 0.1) is 10.1 Å². The number of hydrogen-bond donors (Lipinski definition) is 0. The van der Waals surface area contributed by atoms with Gasteiger partial charge in [-0.3, -0.25) is 9.69 Å². The van der Waals surface area contributed by atoms with Crippen molar-refractivity contribution in [1.29, 1.82) is 0 Å². The topological polar surface area (TPSA) is 66.8 Å².